The number of hydrogen-bond donors (Lipinski definition) is 0. The highest BCUT2D eigenvalue weighted by Gasteiger charge is 2.38. The Kier molecular flexibility index (Phi) is 5.79. The summed E-state index contributed by atoms with van der Waals surface area (Å²) in [6.45, 7) is 1.22. The van der Waals surface area contributed by atoms with Crippen LogP contribution in [-0.2, 0) is 29.7 Å². The summed E-state index contributed by atoms with van der Waals surface area (Å²) < 4.78 is 76.7. The molecule has 1 aromatic heterocycles. The van der Waals surface area contributed by atoms with Crippen LogP contribution in [0.4, 0.5) is 5.95 Å². The maximum absolute atomic E-state index is 13.1. The molecule has 0 aliphatic carbocycles. The number of sulfonamides is 1. The second-order valence-electron chi connectivity index (χ2n) is 7.48. The lowest BCUT2D eigenvalue weighted by molar-refractivity contribution is 0.382. The first kappa shape index (κ1) is 22.1. The first-order valence-corrected chi connectivity index (χ1v) is 14.5. The molecule has 4 rings (SSSR count). The van der Waals surface area contributed by atoms with E-state index in [1.165, 1.54) is 22.5 Å². The van der Waals surface area contributed by atoms with E-state index in [1.807, 2.05) is 4.90 Å². The molecule has 168 valence electrons. The Labute approximate surface area is 181 Å². The summed E-state index contributed by atoms with van der Waals surface area (Å²) in [5, 5.41) is -1.05. The third-order valence-electron chi connectivity index (χ3n) is 5.47. The molecule has 0 N–H and O–H groups in total. The van der Waals surface area contributed by atoms with Gasteiger partial charge in [0.2, 0.25) is 16.0 Å². The lowest BCUT2D eigenvalue weighted by Crippen LogP contribution is -2.49. The summed E-state index contributed by atoms with van der Waals surface area (Å²) in [7, 11) is -11.3. The van der Waals surface area contributed by atoms with Gasteiger partial charge in [-0.25, -0.2) is 35.2 Å². The van der Waals surface area contributed by atoms with Gasteiger partial charge in [0.15, 0.2) is 19.7 Å². The monoisotopic (exact) mass is 486 g/mol. The topological polar surface area (TPSA) is 135 Å². The Morgan fingerprint density at radius 2 is 1.55 bits per heavy atom. The molecule has 0 saturated carbocycles. The molecule has 31 heavy (non-hydrogen) atoms. The third kappa shape index (κ3) is 4.45. The standard InChI is InChI=1S/C18H22N4O6S3/c23-29(24)12-5-17(14-29)30(25,26)15-3-1-4-16(13-15)31(27,28)22-10-8-21(9-11-22)18-19-6-2-7-20-18/h1-4,6-7,13,17H,5,8-12,14H2/t17-/m0/s1. The highest BCUT2D eigenvalue weighted by atomic mass is 32.2. The van der Waals surface area contributed by atoms with Crippen molar-refractivity contribution in [1.82, 2.24) is 14.3 Å². The zero-order valence-electron chi connectivity index (χ0n) is 16.5. The number of piperazine rings is 1. The van der Waals surface area contributed by atoms with Crippen LogP contribution in [0.15, 0.2) is 52.5 Å². The van der Waals surface area contributed by atoms with E-state index in [-0.39, 0.29) is 35.1 Å². The first-order valence-electron chi connectivity index (χ1n) is 9.66. The highest BCUT2D eigenvalue weighted by Crippen LogP contribution is 2.28. The van der Waals surface area contributed by atoms with E-state index < -0.39 is 40.7 Å². The summed E-state index contributed by atoms with van der Waals surface area (Å²) in [6.07, 6.45) is 3.26. The maximum atomic E-state index is 13.1. The van der Waals surface area contributed by atoms with Crippen molar-refractivity contribution in [3.8, 4) is 0 Å². The van der Waals surface area contributed by atoms with Crippen molar-refractivity contribution in [3.63, 3.8) is 0 Å². The molecule has 0 bridgehead atoms. The first-order chi connectivity index (χ1) is 14.6. The van der Waals surface area contributed by atoms with Gasteiger partial charge in [0.1, 0.15) is 0 Å². The molecular formula is C18H22N4O6S3. The summed E-state index contributed by atoms with van der Waals surface area (Å²) >= 11 is 0. The van der Waals surface area contributed by atoms with Gasteiger partial charge in [-0.1, -0.05) is 6.07 Å². The summed E-state index contributed by atoms with van der Waals surface area (Å²) in [4.78, 5) is 9.93. The van der Waals surface area contributed by atoms with Gasteiger partial charge in [-0.05, 0) is 30.7 Å². The quantitative estimate of drug-likeness (QED) is 0.570. The van der Waals surface area contributed by atoms with Gasteiger partial charge in [-0.2, -0.15) is 4.31 Å². The SMILES string of the molecule is O=S1(=O)CC[C@H](S(=O)(=O)c2cccc(S(=O)(=O)N3CCN(c4ncccn4)CC3)c2)C1. The molecule has 2 aromatic rings. The number of aromatic nitrogens is 2. The van der Waals surface area contributed by atoms with Gasteiger partial charge in [0.25, 0.3) is 0 Å². The lowest BCUT2D eigenvalue weighted by atomic mass is 10.4. The molecule has 1 aromatic carbocycles. The van der Waals surface area contributed by atoms with Gasteiger partial charge in [-0.3, -0.25) is 0 Å². The van der Waals surface area contributed by atoms with Gasteiger partial charge in [-0.15, -0.1) is 0 Å². The van der Waals surface area contributed by atoms with Gasteiger partial charge >= 0.3 is 0 Å². The van der Waals surface area contributed by atoms with E-state index in [1.54, 1.807) is 18.5 Å². The molecule has 2 saturated heterocycles. The zero-order chi connectivity index (χ0) is 22.3. The van der Waals surface area contributed by atoms with E-state index in [0.717, 1.165) is 6.07 Å². The van der Waals surface area contributed by atoms with E-state index in [0.29, 0.717) is 19.0 Å². The minimum absolute atomic E-state index is 0.0190. The molecular weight excluding hydrogens is 464 g/mol. The summed E-state index contributed by atoms with van der Waals surface area (Å²) in [5.74, 6) is -0.0840. The van der Waals surface area contributed by atoms with Crippen molar-refractivity contribution in [2.24, 2.45) is 0 Å². The van der Waals surface area contributed by atoms with Crippen molar-refractivity contribution in [2.45, 2.75) is 21.5 Å². The highest BCUT2D eigenvalue weighted by molar-refractivity contribution is 7.96. The molecule has 0 radical (unpaired) electrons. The molecule has 2 aliphatic rings. The minimum atomic E-state index is -3.95. The van der Waals surface area contributed by atoms with Crippen LogP contribution in [0.25, 0.3) is 0 Å². The maximum Gasteiger partial charge on any atom is 0.243 e. The molecule has 0 amide bonds. The van der Waals surface area contributed by atoms with Crippen LogP contribution in [0, 0.1) is 0 Å². The minimum Gasteiger partial charge on any atom is -0.338 e. The van der Waals surface area contributed by atoms with Crippen molar-refractivity contribution >= 4 is 35.6 Å². The zero-order valence-corrected chi connectivity index (χ0v) is 19.0. The van der Waals surface area contributed by atoms with E-state index in [2.05, 4.69) is 9.97 Å². The van der Waals surface area contributed by atoms with E-state index >= 15 is 0 Å². The Balaban J connectivity index is 1.53. The van der Waals surface area contributed by atoms with Crippen LogP contribution in [0.3, 0.4) is 0 Å². The molecule has 1 atom stereocenters. The van der Waals surface area contributed by atoms with Gasteiger partial charge < -0.3 is 4.90 Å². The van der Waals surface area contributed by atoms with E-state index in [4.69, 9.17) is 0 Å². The lowest BCUT2D eigenvalue weighted by Gasteiger charge is -2.33. The average molecular weight is 487 g/mol. The molecule has 2 aliphatic heterocycles. The van der Waals surface area contributed by atoms with Crippen LogP contribution < -0.4 is 4.90 Å². The largest absolute Gasteiger partial charge is 0.338 e. The molecule has 3 heterocycles. The molecule has 2 fully saturated rings. The number of anilines is 1. The second kappa shape index (κ2) is 8.11. The number of hydrogen-bond acceptors (Lipinski definition) is 9. The fraction of sp³-hybridized carbons (Fsp3) is 0.444. The molecule has 10 nitrogen and oxygen atoms in total. The van der Waals surface area contributed by atoms with Crippen molar-refractivity contribution in [1.29, 1.82) is 0 Å². The second-order valence-corrected chi connectivity index (χ2v) is 13.9. The van der Waals surface area contributed by atoms with Crippen LogP contribution in [-0.4, -0.2) is 82.5 Å². The van der Waals surface area contributed by atoms with Crippen LogP contribution in [0.1, 0.15) is 6.42 Å². The van der Waals surface area contributed by atoms with Crippen LogP contribution >= 0.6 is 0 Å². The fourth-order valence-electron chi connectivity index (χ4n) is 3.74. The summed E-state index contributed by atoms with van der Waals surface area (Å²) in [6, 6.07) is 6.86. The Hall–Kier alpha value is -2.09. The van der Waals surface area contributed by atoms with Crippen molar-refractivity contribution in [2.75, 3.05) is 42.6 Å². The Bertz CT molecular complexity index is 1270. The third-order valence-corrected chi connectivity index (χ3v) is 11.5. The number of sulfone groups is 2. The fourth-order valence-corrected chi connectivity index (χ4v) is 9.69. The molecule has 0 spiro atoms. The van der Waals surface area contributed by atoms with Gasteiger partial charge in [0.05, 0.1) is 26.5 Å². The normalized spacial score (nSPS) is 22.5. The van der Waals surface area contributed by atoms with Gasteiger partial charge in [0, 0.05) is 38.6 Å². The van der Waals surface area contributed by atoms with Crippen LogP contribution in [0.5, 0.6) is 0 Å². The summed E-state index contributed by atoms with van der Waals surface area (Å²) in [5.41, 5.74) is 0. The smallest absolute Gasteiger partial charge is 0.243 e. The predicted octanol–water partition coefficient (Wildman–Crippen LogP) is -0.0517. The van der Waals surface area contributed by atoms with Crippen LogP contribution in [0.2, 0.25) is 0 Å². The number of rotatable bonds is 5. The average Bonchev–Trinajstić information content (AvgIpc) is 3.15. The predicted molar refractivity (Wildman–Crippen MR) is 114 cm³/mol. The Morgan fingerprint density at radius 3 is 2.16 bits per heavy atom. The van der Waals surface area contributed by atoms with Crippen molar-refractivity contribution in [3.05, 3.63) is 42.7 Å². The number of benzene rings is 1. The Morgan fingerprint density at radius 1 is 0.903 bits per heavy atom. The van der Waals surface area contributed by atoms with E-state index in [9.17, 15) is 25.3 Å². The van der Waals surface area contributed by atoms with Crippen molar-refractivity contribution < 1.29 is 25.3 Å². The molecule has 0 unspecified atom stereocenters. The number of nitrogens with zero attached hydrogens (tertiary/aromatic N) is 4. The molecule has 13 heteroatoms.